The molecule has 0 aliphatic carbocycles. The lowest BCUT2D eigenvalue weighted by Crippen LogP contribution is -2.05. The molecule has 0 saturated carbocycles. The third-order valence-corrected chi connectivity index (χ3v) is 2.27. The SMILES string of the molecule is CC(C)COCc1cnc(NN)s1. The monoisotopic (exact) mass is 201 g/mol. The van der Waals surface area contributed by atoms with Crippen LogP contribution in [0.2, 0.25) is 0 Å². The number of hydrazine groups is 1. The highest BCUT2D eigenvalue weighted by Gasteiger charge is 2.00. The van der Waals surface area contributed by atoms with Gasteiger partial charge in [-0.1, -0.05) is 25.2 Å². The molecule has 0 spiro atoms. The van der Waals surface area contributed by atoms with Crippen LogP contribution in [-0.2, 0) is 11.3 Å². The van der Waals surface area contributed by atoms with Crippen LogP contribution in [0, 0.1) is 5.92 Å². The van der Waals surface area contributed by atoms with Gasteiger partial charge in [0.25, 0.3) is 0 Å². The van der Waals surface area contributed by atoms with Crippen LogP contribution in [-0.4, -0.2) is 11.6 Å². The van der Waals surface area contributed by atoms with Gasteiger partial charge in [-0.05, 0) is 5.92 Å². The molecule has 1 aromatic heterocycles. The summed E-state index contributed by atoms with van der Waals surface area (Å²) in [5.41, 5.74) is 2.50. The zero-order valence-electron chi connectivity index (χ0n) is 7.91. The second-order valence-corrected chi connectivity index (χ2v) is 4.30. The lowest BCUT2D eigenvalue weighted by atomic mass is 10.2. The Bertz CT molecular complexity index is 249. The van der Waals surface area contributed by atoms with Gasteiger partial charge in [0.15, 0.2) is 5.13 Å². The lowest BCUT2D eigenvalue weighted by Gasteiger charge is -2.03. The number of thiazole rings is 1. The van der Waals surface area contributed by atoms with Gasteiger partial charge in [-0.25, -0.2) is 10.8 Å². The zero-order valence-corrected chi connectivity index (χ0v) is 8.73. The Morgan fingerprint density at radius 2 is 2.46 bits per heavy atom. The highest BCUT2D eigenvalue weighted by atomic mass is 32.1. The van der Waals surface area contributed by atoms with Crippen molar-refractivity contribution < 1.29 is 4.74 Å². The van der Waals surface area contributed by atoms with E-state index in [1.165, 1.54) is 11.3 Å². The molecule has 0 radical (unpaired) electrons. The van der Waals surface area contributed by atoms with Crippen LogP contribution in [0.4, 0.5) is 5.13 Å². The van der Waals surface area contributed by atoms with Crippen molar-refractivity contribution in [3.63, 3.8) is 0 Å². The van der Waals surface area contributed by atoms with Crippen LogP contribution < -0.4 is 11.3 Å². The molecular formula is C8H15N3OS. The Hall–Kier alpha value is -0.650. The molecule has 13 heavy (non-hydrogen) atoms. The van der Waals surface area contributed by atoms with Gasteiger partial charge < -0.3 is 4.74 Å². The van der Waals surface area contributed by atoms with Gasteiger partial charge in [-0.3, -0.25) is 5.43 Å². The first-order valence-electron chi connectivity index (χ1n) is 4.21. The maximum Gasteiger partial charge on any atom is 0.197 e. The van der Waals surface area contributed by atoms with E-state index in [0.717, 1.165) is 16.6 Å². The molecule has 1 rings (SSSR count). The van der Waals surface area contributed by atoms with E-state index in [4.69, 9.17) is 10.6 Å². The van der Waals surface area contributed by atoms with Crippen LogP contribution in [0.5, 0.6) is 0 Å². The van der Waals surface area contributed by atoms with E-state index in [2.05, 4.69) is 24.3 Å². The third-order valence-electron chi connectivity index (χ3n) is 1.37. The molecule has 0 unspecified atom stereocenters. The van der Waals surface area contributed by atoms with E-state index in [1.54, 1.807) is 6.20 Å². The van der Waals surface area contributed by atoms with Crippen molar-refractivity contribution in [3.05, 3.63) is 11.1 Å². The fraction of sp³-hybridized carbons (Fsp3) is 0.625. The van der Waals surface area contributed by atoms with Crippen molar-refractivity contribution in [1.29, 1.82) is 0 Å². The molecule has 1 heterocycles. The summed E-state index contributed by atoms with van der Waals surface area (Å²) in [6.45, 7) is 5.65. The fourth-order valence-electron chi connectivity index (χ4n) is 0.836. The van der Waals surface area contributed by atoms with E-state index in [9.17, 15) is 0 Å². The van der Waals surface area contributed by atoms with E-state index >= 15 is 0 Å². The van der Waals surface area contributed by atoms with Crippen molar-refractivity contribution in [1.82, 2.24) is 4.98 Å². The third kappa shape index (κ3) is 3.71. The van der Waals surface area contributed by atoms with Crippen molar-refractivity contribution in [2.45, 2.75) is 20.5 Å². The Labute approximate surface area is 82.1 Å². The first kappa shape index (κ1) is 10.4. The van der Waals surface area contributed by atoms with E-state index in [1.807, 2.05) is 0 Å². The molecule has 0 bridgehead atoms. The molecule has 0 aliphatic heterocycles. The van der Waals surface area contributed by atoms with Crippen molar-refractivity contribution in [2.24, 2.45) is 11.8 Å². The number of ether oxygens (including phenoxy) is 1. The van der Waals surface area contributed by atoms with E-state index < -0.39 is 0 Å². The maximum absolute atomic E-state index is 5.44. The highest BCUT2D eigenvalue weighted by Crippen LogP contribution is 2.17. The maximum atomic E-state index is 5.44. The molecule has 3 N–H and O–H groups in total. The van der Waals surface area contributed by atoms with Crippen LogP contribution in [0.3, 0.4) is 0 Å². The van der Waals surface area contributed by atoms with Gasteiger partial charge in [0.1, 0.15) is 0 Å². The quantitative estimate of drug-likeness (QED) is 0.561. The molecule has 0 atom stereocenters. The van der Waals surface area contributed by atoms with Gasteiger partial charge in [0.05, 0.1) is 11.5 Å². The number of nitrogens with zero attached hydrogens (tertiary/aromatic N) is 1. The topological polar surface area (TPSA) is 60.2 Å². The predicted molar refractivity (Wildman–Crippen MR) is 54.4 cm³/mol. The normalized spacial score (nSPS) is 10.8. The summed E-state index contributed by atoms with van der Waals surface area (Å²) in [6, 6.07) is 0. The average Bonchev–Trinajstić information content (AvgIpc) is 2.52. The molecule has 74 valence electrons. The largest absolute Gasteiger partial charge is 0.376 e. The summed E-state index contributed by atoms with van der Waals surface area (Å²) < 4.78 is 5.44. The molecule has 0 amide bonds. The van der Waals surface area contributed by atoms with Crippen LogP contribution >= 0.6 is 11.3 Å². The smallest absolute Gasteiger partial charge is 0.197 e. The van der Waals surface area contributed by atoms with Gasteiger partial charge in [0.2, 0.25) is 0 Å². The number of nitrogens with two attached hydrogens (primary N) is 1. The lowest BCUT2D eigenvalue weighted by molar-refractivity contribution is 0.0988. The van der Waals surface area contributed by atoms with Gasteiger partial charge >= 0.3 is 0 Å². The molecule has 0 aromatic carbocycles. The second kappa shape index (κ2) is 5.16. The Balaban J connectivity index is 2.28. The van der Waals surface area contributed by atoms with E-state index in [0.29, 0.717) is 12.5 Å². The summed E-state index contributed by atoms with van der Waals surface area (Å²) >= 11 is 1.51. The number of rotatable bonds is 5. The van der Waals surface area contributed by atoms with Gasteiger partial charge in [0, 0.05) is 12.8 Å². The highest BCUT2D eigenvalue weighted by molar-refractivity contribution is 7.15. The summed E-state index contributed by atoms with van der Waals surface area (Å²) in [5.74, 6) is 5.77. The van der Waals surface area contributed by atoms with Crippen LogP contribution in [0.15, 0.2) is 6.20 Å². The molecule has 0 saturated heterocycles. The summed E-state index contributed by atoms with van der Waals surface area (Å²) in [4.78, 5) is 5.13. The number of nitrogen functional groups attached to an aromatic ring is 1. The minimum absolute atomic E-state index is 0.569. The summed E-state index contributed by atoms with van der Waals surface area (Å²) in [5, 5.41) is 0.725. The van der Waals surface area contributed by atoms with Crippen molar-refractivity contribution >= 4 is 16.5 Å². The Morgan fingerprint density at radius 1 is 1.69 bits per heavy atom. The first-order chi connectivity index (χ1) is 6.22. The molecular weight excluding hydrogens is 186 g/mol. The number of hydrogen-bond acceptors (Lipinski definition) is 5. The summed E-state index contributed by atoms with van der Waals surface area (Å²) in [7, 11) is 0. The molecule has 1 aromatic rings. The standard InChI is InChI=1S/C8H15N3OS/c1-6(2)4-12-5-7-3-10-8(11-9)13-7/h3,6H,4-5,9H2,1-2H3,(H,10,11). The van der Waals surface area contributed by atoms with Crippen molar-refractivity contribution in [3.8, 4) is 0 Å². The Morgan fingerprint density at radius 3 is 3.00 bits per heavy atom. The number of hydrogen-bond donors (Lipinski definition) is 2. The van der Waals surface area contributed by atoms with Crippen molar-refractivity contribution in [2.75, 3.05) is 12.0 Å². The predicted octanol–water partition coefficient (Wildman–Crippen LogP) is 1.60. The second-order valence-electron chi connectivity index (χ2n) is 3.19. The molecule has 0 aliphatic rings. The first-order valence-corrected chi connectivity index (χ1v) is 5.03. The van der Waals surface area contributed by atoms with Gasteiger partial charge in [-0.15, -0.1) is 0 Å². The Kier molecular flexibility index (Phi) is 4.14. The number of nitrogens with one attached hydrogen (secondary N) is 1. The van der Waals surface area contributed by atoms with Crippen LogP contribution in [0.1, 0.15) is 18.7 Å². The molecule has 4 nitrogen and oxygen atoms in total. The minimum Gasteiger partial charge on any atom is -0.376 e. The van der Waals surface area contributed by atoms with Crippen LogP contribution in [0.25, 0.3) is 0 Å². The zero-order chi connectivity index (χ0) is 9.68. The van der Waals surface area contributed by atoms with E-state index in [-0.39, 0.29) is 0 Å². The molecule has 0 fully saturated rings. The number of anilines is 1. The fourth-order valence-corrected chi connectivity index (χ4v) is 1.50. The molecule has 5 heteroatoms. The minimum atomic E-state index is 0.569. The summed E-state index contributed by atoms with van der Waals surface area (Å²) in [6.07, 6.45) is 1.78. The average molecular weight is 201 g/mol. The van der Waals surface area contributed by atoms with Gasteiger partial charge in [-0.2, -0.15) is 0 Å². The number of aromatic nitrogens is 1.